The van der Waals surface area contributed by atoms with Crippen LogP contribution in [0.15, 0.2) is 12.3 Å². The van der Waals surface area contributed by atoms with Crippen molar-refractivity contribution in [2.45, 2.75) is 46.7 Å². The molecular formula is C12H20FIN2. The third-order valence-corrected chi connectivity index (χ3v) is 2.36. The maximum Gasteiger partial charge on any atom is 0.226 e. The summed E-state index contributed by atoms with van der Waals surface area (Å²) >= 11 is 1.91. The summed E-state index contributed by atoms with van der Waals surface area (Å²) < 4.78 is 13.0. The molecule has 0 radical (unpaired) electrons. The zero-order valence-corrected chi connectivity index (χ0v) is 12.7. The Morgan fingerprint density at radius 3 is 2.00 bits per heavy atom. The van der Waals surface area contributed by atoms with Crippen LogP contribution in [-0.4, -0.2) is 17.1 Å². The van der Waals surface area contributed by atoms with Gasteiger partial charge in [-0.15, -0.1) is 0 Å². The lowest BCUT2D eigenvalue weighted by atomic mass is 10.3. The molecule has 1 N–H and O–H groups in total. The first-order valence-electron chi connectivity index (χ1n) is 5.36. The molecule has 92 valence electrons. The van der Waals surface area contributed by atoms with Crippen LogP contribution >= 0.6 is 22.6 Å². The minimum absolute atomic E-state index is 0.388. The Morgan fingerprint density at radius 2 is 1.75 bits per heavy atom. The minimum Gasteiger partial charge on any atom is -0.312 e. The Kier molecular flexibility index (Phi) is 7.83. The molecule has 0 atom stereocenters. The lowest BCUT2D eigenvalue weighted by molar-refractivity contribution is 0.518. The molecule has 0 saturated carbocycles. The molecule has 0 aliphatic carbocycles. The summed E-state index contributed by atoms with van der Waals surface area (Å²) in [6, 6.07) is 3.00. The Hall–Kier alpha value is -0.230. The smallest absolute Gasteiger partial charge is 0.226 e. The number of hydrogen-bond acceptors (Lipinski definition) is 2. The van der Waals surface area contributed by atoms with E-state index in [9.17, 15) is 4.39 Å². The largest absolute Gasteiger partial charge is 0.312 e. The van der Waals surface area contributed by atoms with E-state index < -0.39 is 0 Å². The molecule has 0 amide bonds. The molecule has 0 bridgehead atoms. The van der Waals surface area contributed by atoms with E-state index in [2.05, 4.69) is 38.0 Å². The molecule has 1 heterocycles. The molecule has 0 aromatic carbocycles. The summed E-state index contributed by atoms with van der Waals surface area (Å²) in [5, 5.41) is 3.31. The number of aromatic nitrogens is 1. The van der Waals surface area contributed by atoms with Gasteiger partial charge in [0, 0.05) is 18.3 Å². The molecule has 1 aromatic rings. The van der Waals surface area contributed by atoms with E-state index in [0.717, 1.165) is 5.56 Å². The van der Waals surface area contributed by atoms with Gasteiger partial charge in [-0.05, 0) is 41.1 Å². The molecule has 0 unspecified atom stereocenters. The molecule has 0 saturated heterocycles. The summed E-state index contributed by atoms with van der Waals surface area (Å²) in [4.78, 5) is 3.50. The van der Waals surface area contributed by atoms with E-state index in [-0.39, 0.29) is 5.95 Å². The number of hydrogen-bond donors (Lipinski definition) is 1. The highest BCUT2D eigenvalue weighted by molar-refractivity contribution is 14.1. The van der Waals surface area contributed by atoms with E-state index in [1.54, 1.807) is 6.07 Å². The SMILES string of the molecule is CC(C)NC(C)C.Cc1cnc(F)c(I)c1. The van der Waals surface area contributed by atoms with Crippen LogP contribution in [0.2, 0.25) is 0 Å². The summed E-state index contributed by atoms with van der Waals surface area (Å²) in [6.45, 7) is 10.5. The van der Waals surface area contributed by atoms with Gasteiger partial charge in [-0.3, -0.25) is 0 Å². The normalized spacial score (nSPS) is 10.3. The van der Waals surface area contributed by atoms with Crippen LogP contribution in [0.5, 0.6) is 0 Å². The quantitative estimate of drug-likeness (QED) is 0.659. The average molecular weight is 338 g/mol. The van der Waals surface area contributed by atoms with Crippen LogP contribution < -0.4 is 5.32 Å². The zero-order valence-electron chi connectivity index (χ0n) is 10.5. The lowest BCUT2D eigenvalue weighted by Crippen LogP contribution is -2.29. The van der Waals surface area contributed by atoms with Crippen molar-refractivity contribution in [1.82, 2.24) is 10.3 Å². The predicted molar refractivity (Wildman–Crippen MR) is 75.1 cm³/mol. The van der Waals surface area contributed by atoms with Crippen LogP contribution in [-0.2, 0) is 0 Å². The first kappa shape index (κ1) is 15.8. The minimum atomic E-state index is -0.388. The molecule has 1 aromatic heterocycles. The second-order valence-corrected chi connectivity index (χ2v) is 5.42. The first-order chi connectivity index (χ1) is 7.32. The number of aryl methyl sites for hydroxylation is 1. The van der Waals surface area contributed by atoms with Crippen molar-refractivity contribution >= 4 is 22.6 Å². The maximum absolute atomic E-state index is 12.4. The predicted octanol–water partition coefficient (Wildman–Crippen LogP) is 3.53. The zero-order chi connectivity index (χ0) is 12.7. The van der Waals surface area contributed by atoms with E-state index in [1.807, 2.05) is 29.5 Å². The van der Waals surface area contributed by atoms with Crippen molar-refractivity contribution < 1.29 is 4.39 Å². The topological polar surface area (TPSA) is 24.9 Å². The third kappa shape index (κ3) is 7.98. The summed E-state index contributed by atoms with van der Waals surface area (Å²) in [5.41, 5.74) is 0.987. The molecule has 0 aliphatic heterocycles. The molecule has 0 fully saturated rings. The summed E-state index contributed by atoms with van der Waals surface area (Å²) in [6.07, 6.45) is 1.51. The van der Waals surface area contributed by atoms with Gasteiger partial charge in [0.15, 0.2) is 0 Å². The Balaban J connectivity index is 0.000000293. The summed E-state index contributed by atoms with van der Waals surface area (Å²) in [5.74, 6) is -0.388. The maximum atomic E-state index is 12.4. The number of pyridine rings is 1. The number of nitrogens with zero attached hydrogens (tertiary/aromatic N) is 1. The lowest BCUT2D eigenvalue weighted by Gasteiger charge is -2.10. The monoisotopic (exact) mass is 338 g/mol. The Morgan fingerprint density at radius 1 is 1.25 bits per heavy atom. The van der Waals surface area contributed by atoms with Crippen molar-refractivity contribution in [3.8, 4) is 0 Å². The van der Waals surface area contributed by atoms with Crippen LogP contribution in [0.1, 0.15) is 33.3 Å². The van der Waals surface area contributed by atoms with Crippen molar-refractivity contribution in [3.05, 3.63) is 27.3 Å². The van der Waals surface area contributed by atoms with Crippen molar-refractivity contribution in [2.75, 3.05) is 0 Å². The standard InChI is InChI=1S/C6H5FIN.C6H15N/c1-4-2-5(8)6(7)9-3-4;1-5(2)7-6(3)4/h2-3H,1H3;5-7H,1-4H3. The van der Waals surface area contributed by atoms with Crippen molar-refractivity contribution in [1.29, 1.82) is 0 Å². The Bertz CT molecular complexity index is 308. The van der Waals surface area contributed by atoms with Crippen molar-refractivity contribution in [2.24, 2.45) is 0 Å². The fourth-order valence-corrected chi connectivity index (χ4v) is 1.81. The van der Waals surface area contributed by atoms with E-state index >= 15 is 0 Å². The molecule has 1 rings (SSSR count). The molecule has 16 heavy (non-hydrogen) atoms. The van der Waals surface area contributed by atoms with Gasteiger partial charge in [-0.2, -0.15) is 4.39 Å². The number of halogens is 2. The second-order valence-electron chi connectivity index (χ2n) is 4.26. The van der Waals surface area contributed by atoms with Gasteiger partial charge in [-0.1, -0.05) is 27.7 Å². The van der Waals surface area contributed by atoms with Gasteiger partial charge in [0.05, 0.1) is 3.57 Å². The van der Waals surface area contributed by atoms with Gasteiger partial charge < -0.3 is 5.32 Å². The first-order valence-corrected chi connectivity index (χ1v) is 6.44. The average Bonchev–Trinajstić information content (AvgIpc) is 2.10. The highest BCUT2D eigenvalue weighted by atomic mass is 127. The number of nitrogens with one attached hydrogen (secondary N) is 1. The molecule has 2 nitrogen and oxygen atoms in total. The van der Waals surface area contributed by atoms with E-state index in [0.29, 0.717) is 15.7 Å². The highest BCUT2D eigenvalue weighted by Crippen LogP contribution is 2.08. The molecule has 0 spiro atoms. The molecule has 0 aliphatic rings. The fourth-order valence-electron chi connectivity index (χ4n) is 1.18. The van der Waals surface area contributed by atoms with Gasteiger partial charge in [0.25, 0.3) is 0 Å². The summed E-state index contributed by atoms with van der Waals surface area (Å²) in [7, 11) is 0. The van der Waals surface area contributed by atoms with Crippen LogP contribution in [0.25, 0.3) is 0 Å². The third-order valence-electron chi connectivity index (χ3n) is 1.60. The molecule has 4 heteroatoms. The second kappa shape index (κ2) is 7.95. The molecular weight excluding hydrogens is 318 g/mol. The van der Waals surface area contributed by atoms with E-state index in [4.69, 9.17) is 0 Å². The Labute approximate surface area is 111 Å². The van der Waals surface area contributed by atoms with Gasteiger partial charge in [-0.25, -0.2) is 4.98 Å². The van der Waals surface area contributed by atoms with Crippen molar-refractivity contribution in [3.63, 3.8) is 0 Å². The fraction of sp³-hybridized carbons (Fsp3) is 0.583. The van der Waals surface area contributed by atoms with Crippen LogP contribution in [0.4, 0.5) is 4.39 Å². The van der Waals surface area contributed by atoms with Gasteiger partial charge in [0.1, 0.15) is 0 Å². The number of rotatable bonds is 2. The van der Waals surface area contributed by atoms with E-state index in [1.165, 1.54) is 6.20 Å². The van der Waals surface area contributed by atoms with Crippen LogP contribution in [0.3, 0.4) is 0 Å². The van der Waals surface area contributed by atoms with Gasteiger partial charge in [0.2, 0.25) is 5.95 Å². The highest BCUT2D eigenvalue weighted by Gasteiger charge is 1.96. The van der Waals surface area contributed by atoms with Crippen LogP contribution in [0, 0.1) is 16.4 Å². The van der Waals surface area contributed by atoms with Gasteiger partial charge >= 0.3 is 0 Å².